The fourth-order valence-electron chi connectivity index (χ4n) is 2.16. The topological polar surface area (TPSA) is 75.4 Å². The molecule has 5 nitrogen and oxygen atoms in total. The summed E-state index contributed by atoms with van der Waals surface area (Å²) in [6.45, 7) is 2.42. The molecule has 6 heteroatoms. The van der Waals surface area contributed by atoms with Crippen molar-refractivity contribution >= 4 is 24.2 Å². The Morgan fingerprint density at radius 3 is 2.33 bits per heavy atom. The monoisotopic (exact) mass is 313 g/mol. The SMILES string of the molecule is CNC(=O)C(C)CN(C)C(=O)C(CN)c1ccccc1.Cl. The zero-order chi connectivity index (χ0) is 15.1. The Bertz CT molecular complexity index is 453. The van der Waals surface area contributed by atoms with Gasteiger partial charge in [-0.25, -0.2) is 0 Å². The molecule has 1 aromatic carbocycles. The van der Waals surface area contributed by atoms with Gasteiger partial charge in [-0.15, -0.1) is 12.4 Å². The van der Waals surface area contributed by atoms with E-state index < -0.39 is 0 Å². The lowest BCUT2D eigenvalue weighted by Crippen LogP contribution is -2.40. The van der Waals surface area contributed by atoms with Crippen LogP contribution < -0.4 is 11.1 Å². The highest BCUT2D eigenvalue weighted by molar-refractivity contribution is 5.85. The Labute approximate surface area is 132 Å². The molecular formula is C15H24ClN3O2. The molecule has 3 N–H and O–H groups in total. The van der Waals surface area contributed by atoms with Crippen molar-refractivity contribution in [1.29, 1.82) is 0 Å². The molecule has 0 aliphatic rings. The number of nitrogens with one attached hydrogen (secondary N) is 1. The molecule has 0 bridgehead atoms. The molecule has 0 heterocycles. The maximum Gasteiger partial charge on any atom is 0.231 e. The molecule has 0 saturated carbocycles. The first-order valence-electron chi connectivity index (χ1n) is 6.72. The minimum atomic E-state index is -0.363. The third-order valence-electron chi connectivity index (χ3n) is 3.35. The van der Waals surface area contributed by atoms with E-state index in [4.69, 9.17) is 5.73 Å². The molecule has 118 valence electrons. The molecule has 2 amide bonds. The molecule has 0 saturated heterocycles. The second kappa shape index (κ2) is 9.37. The maximum absolute atomic E-state index is 12.4. The van der Waals surface area contributed by atoms with E-state index in [-0.39, 0.29) is 42.6 Å². The van der Waals surface area contributed by atoms with Crippen LogP contribution in [-0.4, -0.2) is 43.9 Å². The molecule has 0 spiro atoms. The number of hydrogen-bond acceptors (Lipinski definition) is 3. The van der Waals surface area contributed by atoms with Gasteiger partial charge in [0.25, 0.3) is 0 Å². The standard InChI is InChI=1S/C15H23N3O2.ClH/c1-11(14(19)17-2)10-18(3)15(20)13(9-16)12-7-5-4-6-8-12;/h4-8,11,13H,9-10,16H2,1-3H3,(H,17,19);1H. The molecule has 2 unspecified atom stereocenters. The predicted octanol–water partition coefficient (Wildman–Crippen LogP) is 0.991. The summed E-state index contributed by atoms with van der Waals surface area (Å²) < 4.78 is 0. The first-order valence-corrected chi connectivity index (χ1v) is 6.72. The largest absolute Gasteiger partial charge is 0.359 e. The van der Waals surface area contributed by atoms with Crippen molar-refractivity contribution in [2.24, 2.45) is 11.7 Å². The van der Waals surface area contributed by atoms with E-state index in [2.05, 4.69) is 5.32 Å². The summed E-state index contributed by atoms with van der Waals surface area (Å²) in [6, 6.07) is 9.46. The number of benzene rings is 1. The maximum atomic E-state index is 12.4. The molecule has 0 fully saturated rings. The van der Waals surface area contributed by atoms with Crippen molar-refractivity contribution < 1.29 is 9.59 Å². The highest BCUT2D eigenvalue weighted by Crippen LogP contribution is 2.17. The van der Waals surface area contributed by atoms with Gasteiger partial charge in [0.1, 0.15) is 0 Å². The third kappa shape index (κ3) is 5.36. The number of nitrogens with zero attached hydrogens (tertiary/aromatic N) is 1. The summed E-state index contributed by atoms with van der Waals surface area (Å²) in [5, 5.41) is 2.58. The van der Waals surface area contributed by atoms with Gasteiger partial charge in [0.05, 0.1) is 11.8 Å². The van der Waals surface area contributed by atoms with Crippen LogP contribution in [-0.2, 0) is 9.59 Å². The van der Waals surface area contributed by atoms with Gasteiger partial charge < -0.3 is 16.0 Å². The summed E-state index contributed by atoms with van der Waals surface area (Å²) in [5.41, 5.74) is 6.64. The average Bonchev–Trinajstić information content (AvgIpc) is 2.47. The zero-order valence-corrected chi connectivity index (χ0v) is 13.5. The van der Waals surface area contributed by atoms with Gasteiger partial charge >= 0.3 is 0 Å². The first kappa shape index (κ1) is 19.4. The summed E-state index contributed by atoms with van der Waals surface area (Å²) in [6.07, 6.45) is 0. The second-order valence-electron chi connectivity index (χ2n) is 4.93. The second-order valence-corrected chi connectivity index (χ2v) is 4.93. The van der Waals surface area contributed by atoms with Gasteiger partial charge in [-0.3, -0.25) is 9.59 Å². The quantitative estimate of drug-likeness (QED) is 0.822. The van der Waals surface area contributed by atoms with Crippen LogP contribution in [0.1, 0.15) is 18.4 Å². The smallest absolute Gasteiger partial charge is 0.231 e. The average molecular weight is 314 g/mol. The van der Waals surface area contributed by atoms with Gasteiger partial charge in [0.15, 0.2) is 0 Å². The van der Waals surface area contributed by atoms with Gasteiger partial charge in [-0.1, -0.05) is 37.3 Å². The van der Waals surface area contributed by atoms with Crippen LogP contribution in [0.5, 0.6) is 0 Å². The molecule has 0 aliphatic heterocycles. The fraction of sp³-hybridized carbons (Fsp3) is 0.467. The number of carbonyl (C=O) groups is 2. The highest BCUT2D eigenvalue weighted by Gasteiger charge is 2.24. The highest BCUT2D eigenvalue weighted by atomic mass is 35.5. The molecule has 0 radical (unpaired) electrons. The van der Waals surface area contributed by atoms with Gasteiger partial charge in [0.2, 0.25) is 11.8 Å². The third-order valence-corrected chi connectivity index (χ3v) is 3.35. The van der Waals surface area contributed by atoms with Crippen LogP contribution in [0.25, 0.3) is 0 Å². The van der Waals surface area contributed by atoms with E-state index in [0.29, 0.717) is 6.54 Å². The van der Waals surface area contributed by atoms with Crippen molar-refractivity contribution in [2.75, 3.05) is 27.2 Å². The normalized spacial score (nSPS) is 12.8. The first-order chi connectivity index (χ1) is 9.51. The van der Waals surface area contributed by atoms with Crippen LogP contribution in [0.2, 0.25) is 0 Å². The Hall–Kier alpha value is -1.59. The summed E-state index contributed by atoms with van der Waals surface area (Å²) in [7, 11) is 3.29. The van der Waals surface area contributed by atoms with Crippen LogP contribution in [0, 0.1) is 5.92 Å². The Kier molecular flexibility index (Phi) is 8.66. The molecular weight excluding hydrogens is 290 g/mol. The van der Waals surface area contributed by atoms with Crippen molar-refractivity contribution in [2.45, 2.75) is 12.8 Å². The molecule has 1 aromatic rings. The van der Waals surface area contributed by atoms with E-state index in [1.54, 1.807) is 25.9 Å². The Morgan fingerprint density at radius 1 is 1.29 bits per heavy atom. The molecule has 1 rings (SSSR count). The number of amides is 2. The van der Waals surface area contributed by atoms with Gasteiger partial charge in [-0.2, -0.15) is 0 Å². The van der Waals surface area contributed by atoms with Crippen molar-refractivity contribution in [3.05, 3.63) is 35.9 Å². The van der Waals surface area contributed by atoms with E-state index in [1.807, 2.05) is 30.3 Å². The lowest BCUT2D eigenvalue weighted by Gasteiger charge is -2.25. The number of halogens is 1. The van der Waals surface area contributed by atoms with Crippen LogP contribution in [0.15, 0.2) is 30.3 Å². The minimum Gasteiger partial charge on any atom is -0.359 e. The number of nitrogens with two attached hydrogens (primary N) is 1. The predicted molar refractivity (Wildman–Crippen MR) is 86.4 cm³/mol. The zero-order valence-electron chi connectivity index (χ0n) is 12.7. The summed E-state index contributed by atoms with van der Waals surface area (Å²) in [4.78, 5) is 25.5. The Morgan fingerprint density at radius 2 is 1.86 bits per heavy atom. The van der Waals surface area contributed by atoms with Crippen LogP contribution in [0.4, 0.5) is 0 Å². The van der Waals surface area contributed by atoms with Crippen molar-refractivity contribution in [1.82, 2.24) is 10.2 Å². The van der Waals surface area contributed by atoms with Gasteiger partial charge in [0, 0.05) is 27.2 Å². The molecule has 0 aromatic heterocycles. The summed E-state index contributed by atoms with van der Waals surface area (Å²) >= 11 is 0. The number of rotatable bonds is 6. The number of hydrogen-bond donors (Lipinski definition) is 2. The fourth-order valence-corrected chi connectivity index (χ4v) is 2.16. The molecule has 21 heavy (non-hydrogen) atoms. The minimum absolute atomic E-state index is 0. The van der Waals surface area contributed by atoms with Crippen LogP contribution in [0.3, 0.4) is 0 Å². The number of likely N-dealkylation sites (N-methyl/N-ethyl adjacent to an activating group) is 1. The molecule has 0 aliphatic carbocycles. The van der Waals surface area contributed by atoms with E-state index in [0.717, 1.165) is 5.56 Å². The van der Waals surface area contributed by atoms with Crippen LogP contribution >= 0.6 is 12.4 Å². The lowest BCUT2D eigenvalue weighted by atomic mass is 9.97. The van der Waals surface area contributed by atoms with Crippen molar-refractivity contribution in [3.8, 4) is 0 Å². The number of carbonyl (C=O) groups excluding carboxylic acids is 2. The summed E-state index contributed by atoms with van der Waals surface area (Å²) in [5.74, 6) is -0.746. The van der Waals surface area contributed by atoms with Gasteiger partial charge in [-0.05, 0) is 5.56 Å². The molecule has 2 atom stereocenters. The Balaban J connectivity index is 0.00000400. The van der Waals surface area contributed by atoms with E-state index >= 15 is 0 Å². The van der Waals surface area contributed by atoms with E-state index in [9.17, 15) is 9.59 Å². The van der Waals surface area contributed by atoms with Crippen molar-refractivity contribution in [3.63, 3.8) is 0 Å². The van der Waals surface area contributed by atoms with E-state index in [1.165, 1.54) is 0 Å². The lowest BCUT2D eigenvalue weighted by molar-refractivity contribution is -0.133.